The fourth-order valence-corrected chi connectivity index (χ4v) is 3.80. The van der Waals surface area contributed by atoms with Crippen LogP contribution in [0, 0.1) is 6.92 Å². The zero-order valence-corrected chi connectivity index (χ0v) is 14.6. The standard InChI is InChI=1S/C19H24N4O2/c1-15-5-2-6-16(22-15)12-24-17-11-19(25-13-17)7-3-10-23(14-19)18-20-8-4-9-21-18/h2,4-6,8-9,17H,3,7,10-14H2,1H3/t17-,19+/m0/s1. The fraction of sp³-hybridized carbons (Fsp3) is 0.526. The summed E-state index contributed by atoms with van der Waals surface area (Å²) in [6.07, 6.45) is 6.78. The maximum Gasteiger partial charge on any atom is 0.225 e. The second kappa shape index (κ2) is 7.06. The molecule has 4 heterocycles. The van der Waals surface area contributed by atoms with Crippen molar-refractivity contribution in [3.8, 4) is 0 Å². The highest BCUT2D eigenvalue weighted by molar-refractivity contribution is 5.31. The van der Waals surface area contributed by atoms with Crippen molar-refractivity contribution in [3.63, 3.8) is 0 Å². The van der Waals surface area contributed by atoms with Gasteiger partial charge >= 0.3 is 0 Å². The number of pyridine rings is 1. The first-order valence-electron chi connectivity index (χ1n) is 8.93. The minimum atomic E-state index is -0.137. The Morgan fingerprint density at radius 1 is 1.28 bits per heavy atom. The van der Waals surface area contributed by atoms with Crippen molar-refractivity contribution in [1.82, 2.24) is 15.0 Å². The summed E-state index contributed by atoms with van der Waals surface area (Å²) in [5.74, 6) is 0.790. The third-order valence-corrected chi connectivity index (χ3v) is 4.96. The maximum absolute atomic E-state index is 6.22. The van der Waals surface area contributed by atoms with Crippen LogP contribution in [0.1, 0.15) is 30.7 Å². The van der Waals surface area contributed by atoms with E-state index in [0.717, 1.165) is 49.7 Å². The first kappa shape index (κ1) is 16.4. The number of piperidine rings is 1. The largest absolute Gasteiger partial charge is 0.370 e. The topological polar surface area (TPSA) is 60.4 Å². The van der Waals surface area contributed by atoms with Crippen LogP contribution in [0.2, 0.25) is 0 Å². The van der Waals surface area contributed by atoms with E-state index in [1.165, 1.54) is 0 Å². The van der Waals surface area contributed by atoms with Crippen LogP contribution in [-0.4, -0.2) is 46.4 Å². The van der Waals surface area contributed by atoms with E-state index in [1.54, 1.807) is 12.4 Å². The summed E-state index contributed by atoms with van der Waals surface area (Å²) < 4.78 is 12.3. The Kier molecular flexibility index (Phi) is 4.63. The molecule has 2 aliphatic heterocycles. The molecule has 0 unspecified atom stereocenters. The molecule has 6 nitrogen and oxygen atoms in total. The van der Waals surface area contributed by atoms with Gasteiger partial charge < -0.3 is 14.4 Å². The predicted octanol–water partition coefficient (Wildman–Crippen LogP) is 2.52. The van der Waals surface area contributed by atoms with Crippen LogP contribution in [0.5, 0.6) is 0 Å². The van der Waals surface area contributed by atoms with Crippen LogP contribution in [0.4, 0.5) is 5.95 Å². The maximum atomic E-state index is 6.22. The van der Waals surface area contributed by atoms with Gasteiger partial charge in [0.05, 0.1) is 30.6 Å². The quantitative estimate of drug-likeness (QED) is 0.852. The molecular formula is C19H24N4O2. The summed E-state index contributed by atoms with van der Waals surface area (Å²) in [6.45, 7) is 5.00. The van der Waals surface area contributed by atoms with Gasteiger partial charge in [-0.15, -0.1) is 0 Å². The summed E-state index contributed by atoms with van der Waals surface area (Å²) in [5, 5.41) is 0. The van der Waals surface area contributed by atoms with E-state index in [2.05, 4.69) is 19.9 Å². The van der Waals surface area contributed by atoms with E-state index in [1.807, 2.05) is 31.2 Å². The molecule has 0 aromatic carbocycles. The van der Waals surface area contributed by atoms with Crippen LogP contribution in [0.25, 0.3) is 0 Å². The molecule has 0 aliphatic carbocycles. The molecule has 2 aromatic rings. The van der Waals surface area contributed by atoms with Gasteiger partial charge in [0, 0.05) is 37.6 Å². The normalized spacial score (nSPS) is 26.3. The average molecular weight is 340 g/mol. The SMILES string of the molecule is Cc1cccc(CO[C@@H]2CO[C@]3(CCCN(c4ncccn4)C3)C2)n1. The molecule has 0 radical (unpaired) electrons. The Balaban J connectivity index is 1.36. The smallest absolute Gasteiger partial charge is 0.225 e. The van der Waals surface area contributed by atoms with Crippen molar-refractivity contribution in [3.05, 3.63) is 48.0 Å². The molecule has 6 heteroatoms. The highest BCUT2D eigenvalue weighted by atomic mass is 16.6. The minimum Gasteiger partial charge on any atom is -0.370 e. The highest BCUT2D eigenvalue weighted by Gasteiger charge is 2.44. The molecule has 2 atom stereocenters. The molecule has 2 fully saturated rings. The Hall–Kier alpha value is -2.05. The number of hydrogen-bond donors (Lipinski definition) is 0. The van der Waals surface area contributed by atoms with Crippen LogP contribution in [-0.2, 0) is 16.1 Å². The molecule has 2 aliphatic rings. The molecule has 0 saturated carbocycles. The van der Waals surface area contributed by atoms with Gasteiger partial charge in [-0.3, -0.25) is 4.98 Å². The molecule has 4 rings (SSSR count). The van der Waals surface area contributed by atoms with Crippen LogP contribution < -0.4 is 4.90 Å². The third kappa shape index (κ3) is 3.80. The molecule has 2 saturated heterocycles. The van der Waals surface area contributed by atoms with Gasteiger partial charge in [0.2, 0.25) is 5.95 Å². The van der Waals surface area contributed by atoms with E-state index in [4.69, 9.17) is 9.47 Å². The van der Waals surface area contributed by atoms with Gasteiger partial charge in [-0.1, -0.05) is 6.07 Å². The van der Waals surface area contributed by atoms with E-state index in [0.29, 0.717) is 13.2 Å². The number of rotatable bonds is 4. The summed E-state index contributed by atoms with van der Waals surface area (Å²) >= 11 is 0. The van der Waals surface area contributed by atoms with Gasteiger partial charge in [-0.05, 0) is 38.0 Å². The number of nitrogens with zero attached hydrogens (tertiary/aromatic N) is 4. The van der Waals surface area contributed by atoms with Crippen LogP contribution in [0.15, 0.2) is 36.7 Å². The van der Waals surface area contributed by atoms with Crippen molar-refractivity contribution < 1.29 is 9.47 Å². The van der Waals surface area contributed by atoms with E-state index < -0.39 is 0 Å². The van der Waals surface area contributed by atoms with Crippen molar-refractivity contribution >= 4 is 5.95 Å². The number of ether oxygens (including phenoxy) is 2. The lowest BCUT2D eigenvalue weighted by Crippen LogP contribution is -2.48. The van der Waals surface area contributed by atoms with Crippen LogP contribution >= 0.6 is 0 Å². The Morgan fingerprint density at radius 2 is 2.16 bits per heavy atom. The number of hydrogen-bond acceptors (Lipinski definition) is 6. The van der Waals surface area contributed by atoms with Gasteiger partial charge in [0.25, 0.3) is 0 Å². The van der Waals surface area contributed by atoms with Gasteiger partial charge in [0.15, 0.2) is 0 Å². The van der Waals surface area contributed by atoms with Gasteiger partial charge in [-0.25, -0.2) is 9.97 Å². The zero-order chi connectivity index (χ0) is 17.1. The number of aromatic nitrogens is 3. The molecule has 0 amide bonds. The second-order valence-electron chi connectivity index (χ2n) is 6.98. The molecule has 0 N–H and O–H groups in total. The highest BCUT2D eigenvalue weighted by Crippen LogP contribution is 2.36. The first-order valence-corrected chi connectivity index (χ1v) is 8.93. The number of anilines is 1. The van der Waals surface area contributed by atoms with Crippen molar-refractivity contribution in [2.75, 3.05) is 24.6 Å². The van der Waals surface area contributed by atoms with Gasteiger partial charge in [0.1, 0.15) is 0 Å². The fourth-order valence-electron chi connectivity index (χ4n) is 3.80. The summed E-state index contributed by atoms with van der Waals surface area (Å²) in [6, 6.07) is 7.87. The lowest BCUT2D eigenvalue weighted by atomic mass is 9.89. The van der Waals surface area contributed by atoms with Crippen molar-refractivity contribution in [1.29, 1.82) is 0 Å². The molecule has 132 valence electrons. The van der Waals surface area contributed by atoms with Crippen molar-refractivity contribution in [2.24, 2.45) is 0 Å². The molecular weight excluding hydrogens is 316 g/mol. The monoisotopic (exact) mass is 340 g/mol. The lowest BCUT2D eigenvalue weighted by molar-refractivity contribution is -0.0140. The Labute approximate surface area is 148 Å². The van der Waals surface area contributed by atoms with E-state index in [9.17, 15) is 0 Å². The van der Waals surface area contributed by atoms with Crippen molar-refractivity contribution in [2.45, 2.75) is 44.5 Å². The minimum absolute atomic E-state index is 0.124. The first-order chi connectivity index (χ1) is 12.2. The third-order valence-electron chi connectivity index (χ3n) is 4.96. The molecule has 0 bridgehead atoms. The zero-order valence-electron chi connectivity index (χ0n) is 14.6. The second-order valence-corrected chi connectivity index (χ2v) is 6.98. The molecule has 25 heavy (non-hydrogen) atoms. The van der Waals surface area contributed by atoms with E-state index in [-0.39, 0.29) is 11.7 Å². The van der Waals surface area contributed by atoms with Crippen LogP contribution in [0.3, 0.4) is 0 Å². The number of aryl methyl sites for hydroxylation is 1. The summed E-state index contributed by atoms with van der Waals surface area (Å²) in [4.78, 5) is 15.5. The Bertz CT molecular complexity index is 712. The lowest BCUT2D eigenvalue weighted by Gasteiger charge is -2.39. The predicted molar refractivity (Wildman–Crippen MR) is 94.3 cm³/mol. The van der Waals surface area contributed by atoms with E-state index >= 15 is 0 Å². The summed E-state index contributed by atoms with van der Waals surface area (Å²) in [5.41, 5.74) is 1.86. The Morgan fingerprint density at radius 3 is 3.00 bits per heavy atom. The average Bonchev–Trinajstić information content (AvgIpc) is 3.03. The molecule has 2 aromatic heterocycles. The van der Waals surface area contributed by atoms with Gasteiger partial charge in [-0.2, -0.15) is 0 Å². The molecule has 1 spiro atoms. The summed E-state index contributed by atoms with van der Waals surface area (Å²) in [7, 11) is 0.